The van der Waals surface area contributed by atoms with Crippen molar-refractivity contribution in [3.8, 4) is 0 Å². The first kappa shape index (κ1) is 8.49. The lowest BCUT2D eigenvalue weighted by Crippen LogP contribution is -2.00. The molecule has 0 spiro atoms. The van der Waals surface area contributed by atoms with Crippen molar-refractivity contribution in [3.05, 3.63) is 30.1 Å². The molecule has 1 aromatic carbocycles. The lowest BCUT2D eigenvalue weighted by molar-refractivity contribution is 0.628. The summed E-state index contributed by atoms with van der Waals surface area (Å²) in [5.41, 5.74) is 0.616. The summed E-state index contributed by atoms with van der Waals surface area (Å²) in [5, 5.41) is 2.70. The average Bonchev–Trinajstić information content (AvgIpc) is 1.85. The second kappa shape index (κ2) is 3.69. The molecule has 0 radical (unpaired) electrons. The van der Waals surface area contributed by atoms with Crippen molar-refractivity contribution < 1.29 is 4.39 Å². The van der Waals surface area contributed by atoms with Crippen molar-refractivity contribution in [1.82, 2.24) is 0 Å². The molecule has 0 amide bonds. The van der Waals surface area contributed by atoms with Crippen LogP contribution >= 0.6 is 24.8 Å². The molecular formula is C7H6FNS2. The van der Waals surface area contributed by atoms with Crippen LogP contribution in [0.4, 0.5) is 10.1 Å². The molecule has 0 unspecified atom stereocenters. The van der Waals surface area contributed by atoms with Crippen LogP contribution < -0.4 is 5.32 Å². The molecule has 1 aromatic rings. The van der Waals surface area contributed by atoms with Crippen molar-refractivity contribution >= 4 is 34.9 Å². The van der Waals surface area contributed by atoms with Gasteiger partial charge < -0.3 is 5.32 Å². The molecular weight excluding hydrogens is 181 g/mol. The maximum absolute atomic E-state index is 12.5. The molecule has 11 heavy (non-hydrogen) atoms. The Morgan fingerprint density at radius 2 is 2.27 bits per heavy atom. The fraction of sp³-hybridized carbons (Fsp3) is 0. The summed E-state index contributed by atoms with van der Waals surface area (Å²) in [6, 6.07) is 6.03. The van der Waals surface area contributed by atoms with Crippen LogP contribution in [-0.4, -0.2) is 4.32 Å². The highest BCUT2D eigenvalue weighted by molar-refractivity contribution is 8.11. The minimum absolute atomic E-state index is 0.292. The summed E-state index contributed by atoms with van der Waals surface area (Å²) < 4.78 is 12.8. The molecule has 0 aliphatic heterocycles. The molecule has 1 nitrogen and oxygen atoms in total. The highest BCUT2D eigenvalue weighted by atomic mass is 32.1. The van der Waals surface area contributed by atoms with Crippen molar-refractivity contribution in [2.75, 3.05) is 5.32 Å². The van der Waals surface area contributed by atoms with E-state index >= 15 is 0 Å². The lowest BCUT2D eigenvalue weighted by atomic mass is 10.3. The number of thiocarbonyl (C=S) groups is 1. The van der Waals surface area contributed by atoms with E-state index < -0.39 is 0 Å². The standard InChI is InChI=1S/C7H6FNS2/c8-5-2-1-3-6(4-5)9-7(10)11/h1-4H,(H2,9,10,11). The first-order valence-corrected chi connectivity index (χ1v) is 3.79. The van der Waals surface area contributed by atoms with E-state index in [9.17, 15) is 4.39 Å². The van der Waals surface area contributed by atoms with Gasteiger partial charge in [0.1, 0.15) is 10.1 Å². The van der Waals surface area contributed by atoms with Gasteiger partial charge in [-0.1, -0.05) is 18.3 Å². The molecule has 0 saturated carbocycles. The monoisotopic (exact) mass is 187 g/mol. The minimum Gasteiger partial charge on any atom is -0.341 e. The van der Waals surface area contributed by atoms with Crippen LogP contribution in [0.3, 0.4) is 0 Å². The van der Waals surface area contributed by atoms with Gasteiger partial charge in [-0.25, -0.2) is 4.39 Å². The maximum Gasteiger partial charge on any atom is 0.135 e. The van der Waals surface area contributed by atoms with Gasteiger partial charge in [0.05, 0.1) is 0 Å². The largest absolute Gasteiger partial charge is 0.341 e. The van der Waals surface area contributed by atoms with Crippen LogP contribution in [0.1, 0.15) is 0 Å². The van der Waals surface area contributed by atoms with Gasteiger partial charge >= 0.3 is 0 Å². The van der Waals surface area contributed by atoms with Crippen LogP contribution in [0.2, 0.25) is 0 Å². The molecule has 0 fully saturated rings. The van der Waals surface area contributed by atoms with Gasteiger partial charge in [0, 0.05) is 5.69 Å². The third kappa shape index (κ3) is 2.86. The normalized spacial score (nSPS) is 9.27. The molecule has 0 aliphatic rings. The van der Waals surface area contributed by atoms with Crippen molar-refractivity contribution in [3.63, 3.8) is 0 Å². The average molecular weight is 187 g/mol. The van der Waals surface area contributed by atoms with Crippen LogP contribution in [0.15, 0.2) is 24.3 Å². The van der Waals surface area contributed by atoms with Gasteiger partial charge in [0.15, 0.2) is 0 Å². The second-order valence-electron chi connectivity index (χ2n) is 1.94. The molecule has 0 atom stereocenters. The molecule has 4 heteroatoms. The number of anilines is 1. The number of benzene rings is 1. The zero-order valence-electron chi connectivity index (χ0n) is 5.54. The fourth-order valence-electron chi connectivity index (χ4n) is 0.690. The number of halogens is 1. The maximum atomic E-state index is 12.5. The van der Waals surface area contributed by atoms with E-state index in [1.165, 1.54) is 12.1 Å². The van der Waals surface area contributed by atoms with Gasteiger partial charge in [0.25, 0.3) is 0 Å². The number of hydrogen-bond donors (Lipinski definition) is 2. The quantitative estimate of drug-likeness (QED) is 0.517. The van der Waals surface area contributed by atoms with Crippen molar-refractivity contribution in [2.45, 2.75) is 0 Å². The summed E-state index contributed by atoms with van der Waals surface area (Å²) in [6.07, 6.45) is 0. The van der Waals surface area contributed by atoms with Crippen molar-refractivity contribution in [1.29, 1.82) is 0 Å². The van der Waals surface area contributed by atoms with Crippen LogP contribution in [0.5, 0.6) is 0 Å². The van der Waals surface area contributed by atoms with Crippen molar-refractivity contribution in [2.24, 2.45) is 0 Å². The molecule has 0 heterocycles. The Labute approximate surface area is 75.0 Å². The third-order valence-corrected chi connectivity index (χ3v) is 1.29. The Morgan fingerprint density at radius 3 is 2.82 bits per heavy atom. The Kier molecular flexibility index (Phi) is 2.84. The predicted molar refractivity (Wildman–Crippen MR) is 51.6 cm³/mol. The molecule has 0 saturated heterocycles. The van der Waals surface area contributed by atoms with E-state index in [0.29, 0.717) is 10.0 Å². The van der Waals surface area contributed by atoms with Crippen LogP contribution in [0, 0.1) is 5.82 Å². The summed E-state index contributed by atoms with van der Waals surface area (Å²) in [7, 11) is 0. The van der Waals surface area contributed by atoms with Gasteiger partial charge in [-0.15, -0.1) is 12.6 Å². The molecule has 0 aliphatic carbocycles. The molecule has 58 valence electrons. The Hall–Kier alpha value is -0.610. The van der Waals surface area contributed by atoms with E-state index in [-0.39, 0.29) is 5.82 Å². The molecule has 0 aromatic heterocycles. The van der Waals surface area contributed by atoms with Gasteiger partial charge in [-0.2, -0.15) is 0 Å². The van der Waals surface area contributed by atoms with Gasteiger partial charge in [-0.3, -0.25) is 0 Å². The van der Waals surface area contributed by atoms with E-state index in [1.54, 1.807) is 12.1 Å². The fourth-order valence-corrected chi connectivity index (χ4v) is 0.937. The Morgan fingerprint density at radius 1 is 1.55 bits per heavy atom. The summed E-state index contributed by atoms with van der Waals surface area (Å²) >= 11 is 8.49. The van der Waals surface area contributed by atoms with Gasteiger partial charge in [-0.05, 0) is 18.2 Å². The topological polar surface area (TPSA) is 12.0 Å². The molecule has 1 N–H and O–H groups in total. The zero-order valence-corrected chi connectivity index (χ0v) is 7.25. The number of nitrogens with one attached hydrogen (secondary N) is 1. The smallest absolute Gasteiger partial charge is 0.135 e. The number of hydrogen-bond acceptors (Lipinski definition) is 1. The number of rotatable bonds is 1. The minimum atomic E-state index is -0.292. The number of thiol groups is 1. The Balaban J connectivity index is 2.79. The second-order valence-corrected chi connectivity index (χ2v) is 3.10. The lowest BCUT2D eigenvalue weighted by Gasteiger charge is -2.01. The van der Waals surface area contributed by atoms with E-state index in [0.717, 1.165) is 0 Å². The first-order chi connectivity index (χ1) is 5.18. The highest BCUT2D eigenvalue weighted by Crippen LogP contribution is 2.09. The van der Waals surface area contributed by atoms with Crippen LogP contribution in [0.25, 0.3) is 0 Å². The SMILES string of the molecule is Fc1cccc(NC(=S)S)c1. The molecule has 1 rings (SSSR count). The van der Waals surface area contributed by atoms with E-state index in [2.05, 4.69) is 30.2 Å². The summed E-state index contributed by atoms with van der Waals surface area (Å²) in [6.45, 7) is 0. The van der Waals surface area contributed by atoms with Crippen LogP contribution in [-0.2, 0) is 0 Å². The summed E-state index contributed by atoms with van der Waals surface area (Å²) in [5.74, 6) is -0.292. The third-order valence-electron chi connectivity index (χ3n) is 1.08. The first-order valence-electron chi connectivity index (χ1n) is 2.94. The van der Waals surface area contributed by atoms with E-state index in [1.807, 2.05) is 0 Å². The predicted octanol–water partition coefficient (Wildman–Crippen LogP) is 2.45. The summed E-state index contributed by atoms with van der Waals surface area (Å²) in [4.78, 5) is 0. The van der Waals surface area contributed by atoms with Gasteiger partial charge in [0.2, 0.25) is 0 Å². The molecule has 0 bridgehead atoms. The highest BCUT2D eigenvalue weighted by Gasteiger charge is 1.93. The van der Waals surface area contributed by atoms with E-state index in [4.69, 9.17) is 0 Å². The Bertz CT molecular complexity index is 275. The zero-order chi connectivity index (χ0) is 8.27.